The van der Waals surface area contributed by atoms with E-state index in [1.54, 1.807) is 0 Å². The summed E-state index contributed by atoms with van der Waals surface area (Å²) in [4.78, 5) is 0. The van der Waals surface area contributed by atoms with Gasteiger partial charge in [-0.1, -0.05) is 31.2 Å². The largest absolute Gasteiger partial charge is 0.0991 e. The molecule has 8 heavy (non-hydrogen) atoms. The first kappa shape index (κ1) is 5.61. The highest BCUT2D eigenvalue weighted by molar-refractivity contribution is 5.01. The maximum atomic E-state index is 3.60. The van der Waals surface area contributed by atoms with Crippen LogP contribution in [0.4, 0.5) is 0 Å². The predicted molar refractivity (Wildman–Crippen MR) is 36.7 cm³/mol. The third kappa shape index (κ3) is 1.22. The Hall–Kier alpha value is -0.520. The summed E-state index contributed by atoms with van der Waals surface area (Å²) in [6, 6.07) is 0. The minimum absolute atomic E-state index is 0.882. The lowest BCUT2D eigenvalue weighted by Gasteiger charge is -2.20. The van der Waals surface area contributed by atoms with Crippen LogP contribution in [0.25, 0.3) is 0 Å². The van der Waals surface area contributed by atoms with E-state index in [0.29, 0.717) is 0 Å². The van der Waals surface area contributed by atoms with Crippen LogP contribution >= 0.6 is 0 Å². The molecule has 0 atom stereocenters. The van der Waals surface area contributed by atoms with Crippen molar-refractivity contribution >= 4 is 0 Å². The smallest absolute Gasteiger partial charge is 0.0230 e. The standard InChI is InChI=1S/C8H12/c1-2-3-5-8-6-4-7-8/h2-3,5,8H,1,4,6-7H2/b5-3+. The summed E-state index contributed by atoms with van der Waals surface area (Å²) in [6.45, 7) is 3.60. The van der Waals surface area contributed by atoms with Gasteiger partial charge in [0, 0.05) is 0 Å². The van der Waals surface area contributed by atoms with Gasteiger partial charge in [0.1, 0.15) is 0 Å². The van der Waals surface area contributed by atoms with Crippen molar-refractivity contribution in [3.8, 4) is 0 Å². The van der Waals surface area contributed by atoms with Crippen LogP contribution in [-0.2, 0) is 0 Å². The van der Waals surface area contributed by atoms with E-state index in [9.17, 15) is 0 Å². The number of hydrogen-bond acceptors (Lipinski definition) is 0. The molecule has 0 aromatic heterocycles. The van der Waals surface area contributed by atoms with Crippen molar-refractivity contribution < 1.29 is 0 Å². The summed E-state index contributed by atoms with van der Waals surface area (Å²) in [6.07, 6.45) is 10.3. The molecule has 0 saturated heterocycles. The van der Waals surface area contributed by atoms with Crippen LogP contribution < -0.4 is 0 Å². The molecule has 0 aromatic carbocycles. The highest BCUT2D eigenvalue weighted by atomic mass is 14.2. The van der Waals surface area contributed by atoms with Gasteiger partial charge in [-0.3, -0.25) is 0 Å². The second kappa shape index (κ2) is 2.71. The van der Waals surface area contributed by atoms with Gasteiger partial charge in [-0.25, -0.2) is 0 Å². The molecule has 0 amide bonds. The molecule has 0 aromatic rings. The molecule has 44 valence electrons. The maximum Gasteiger partial charge on any atom is -0.0230 e. The van der Waals surface area contributed by atoms with E-state index < -0.39 is 0 Å². The normalized spacial score (nSPS) is 21.0. The summed E-state index contributed by atoms with van der Waals surface area (Å²) >= 11 is 0. The highest BCUT2D eigenvalue weighted by Gasteiger charge is 2.12. The first-order valence-corrected chi connectivity index (χ1v) is 3.22. The maximum absolute atomic E-state index is 3.60. The minimum Gasteiger partial charge on any atom is -0.0991 e. The van der Waals surface area contributed by atoms with Crippen molar-refractivity contribution in [2.24, 2.45) is 5.92 Å². The van der Waals surface area contributed by atoms with Crippen LogP contribution in [0.3, 0.4) is 0 Å². The monoisotopic (exact) mass is 108 g/mol. The van der Waals surface area contributed by atoms with E-state index in [0.717, 1.165) is 5.92 Å². The number of allylic oxidation sites excluding steroid dienone is 3. The molecule has 0 bridgehead atoms. The molecular weight excluding hydrogens is 96.1 g/mol. The van der Waals surface area contributed by atoms with Crippen LogP contribution in [0.2, 0.25) is 0 Å². The fourth-order valence-electron chi connectivity index (χ4n) is 0.868. The van der Waals surface area contributed by atoms with Crippen molar-refractivity contribution in [2.75, 3.05) is 0 Å². The lowest BCUT2D eigenvalue weighted by atomic mass is 9.85. The average Bonchev–Trinajstić information content (AvgIpc) is 1.63. The van der Waals surface area contributed by atoms with Gasteiger partial charge in [0.2, 0.25) is 0 Å². The van der Waals surface area contributed by atoms with Crippen LogP contribution in [0.5, 0.6) is 0 Å². The van der Waals surface area contributed by atoms with Gasteiger partial charge in [-0.05, 0) is 18.8 Å². The van der Waals surface area contributed by atoms with Crippen molar-refractivity contribution in [1.82, 2.24) is 0 Å². The summed E-state index contributed by atoms with van der Waals surface area (Å²) in [5.41, 5.74) is 0. The molecule has 0 spiro atoms. The van der Waals surface area contributed by atoms with Gasteiger partial charge in [-0.15, -0.1) is 0 Å². The molecule has 0 heterocycles. The van der Waals surface area contributed by atoms with Crippen molar-refractivity contribution in [3.63, 3.8) is 0 Å². The zero-order valence-corrected chi connectivity index (χ0v) is 5.14. The van der Waals surface area contributed by atoms with Gasteiger partial charge in [0.25, 0.3) is 0 Å². The van der Waals surface area contributed by atoms with Crippen molar-refractivity contribution in [1.29, 1.82) is 0 Å². The van der Waals surface area contributed by atoms with E-state index in [4.69, 9.17) is 0 Å². The Morgan fingerprint density at radius 3 is 2.50 bits per heavy atom. The quantitative estimate of drug-likeness (QED) is 0.477. The van der Waals surface area contributed by atoms with Gasteiger partial charge < -0.3 is 0 Å². The second-order valence-corrected chi connectivity index (χ2v) is 2.31. The second-order valence-electron chi connectivity index (χ2n) is 2.31. The molecular formula is C8H12. The molecule has 1 aliphatic carbocycles. The molecule has 1 saturated carbocycles. The van der Waals surface area contributed by atoms with E-state index >= 15 is 0 Å². The Balaban J connectivity index is 2.16. The molecule has 0 unspecified atom stereocenters. The zero-order valence-electron chi connectivity index (χ0n) is 5.14. The Labute approximate surface area is 50.9 Å². The van der Waals surface area contributed by atoms with E-state index in [1.165, 1.54) is 19.3 Å². The van der Waals surface area contributed by atoms with E-state index in [2.05, 4.69) is 12.7 Å². The number of rotatable bonds is 2. The molecule has 1 aliphatic rings. The minimum atomic E-state index is 0.882. The topological polar surface area (TPSA) is 0 Å². The summed E-state index contributed by atoms with van der Waals surface area (Å²) < 4.78 is 0. The van der Waals surface area contributed by atoms with Crippen LogP contribution in [-0.4, -0.2) is 0 Å². The van der Waals surface area contributed by atoms with E-state index in [-0.39, 0.29) is 0 Å². The Bertz CT molecular complexity index is 96.6. The molecule has 1 fully saturated rings. The molecule has 0 nitrogen and oxygen atoms in total. The summed E-state index contributed by atoms with van der Waals surface area (Å²) in [7, 11) is 0. The van der Waals surface area contributed by atoms with Gasteiger partial charge in [0.05, 0.1) is 0 Å². The summed E-state index contributed by atoms with van der Waals surface area (Å²) in [5, 5.41) is 0. The van der Waals surface area contributed by atoms with Gasteiger partial charge >= 0.3 is 0 Å². The third-order valence-corrected chi connectivity index (χ3v) is 1.67. The van der Waals surface area contributed by atoms with Crippen LogP contribution in [0.1, 0.15) is 19.3 Å². The molecule has 1 rings (SSSR count). The highest BCUT2D eigenvalue weighted by Crippen LogP contribution is 2.26. The lowest BCUT2D eigenvalue weighted by molar-refractivity contribution is 0.388. The Kier molecular flexibility index (Phi) is 1.90. The van der Waals surface area contributed by atoms with Crippen molar-refractivity contribution in [2.45, 2.75) is 19.3 Å². The van der Waals surface area contributed by atoms with Gasteiger partial charge in [0.15, 0.2) is 0 Å². The molecule has 0 N–H and O–H groups in total. The molecule has 0 radical (unpaired) electrons. The van der Waals surface area contributed by atoms with Crippen molar-refractivity contribution in [3.05, 3.63) is 24.8 Å². The molecule has 0 heteroatoms. The fourth-order valence-corrected chi connectivity index (χ4v) is 0.868. The van der Waals surface area contributed by atoms with E-state index in [1.807, 2.05) is 12.2 Å². The fraction of sp³-hybridized carbons (Fsp3) is 0.500. The average molecular weight is 108 g/mol. The first-order valence-electron chi connectivity index (χ1n) is 3.22. The zero-order chi connectivity index (χ0) is 5.82. The lowest BCUT2D eigenvalue weighted by Crippen LogP contribution is -2.06. The Morgan fingerprint density at radius 2 is 2.12 bits per heavy atom. The predicted octanol–water partition coefficient (Wildman–Crippen LogP) is 2.53. The third-order valence-electron chi connectivity index (χ3n) is 1.67. The van der Waals surface area contributed by atoms with Crippen LogP contribution in [0, 0.1) is 5.92 Å². The van der Waals surface area contributed by atoms with Gasteiger partial charge in [-0.2, -0.15) is 0 Å². The summed E-state index contributed by atoms with van der Waals surface area (Å²) in [5.74, 6) is 0.882. The first-order chi connectivity index (χ1) is 3.93. The number of hydrogen-bond donors (Lipinski definition) is 0. The Morgan fingerprint density at radius 1 is 1.38 bits per heavy atom. The SMILES string of the molecule is C=C/C=C/C1CCC1. The molecule has 0 aliphatic heterocycles. The van der Waals surface area contributed by atoms with Crippen LogP contribution in [0.15, 0.2) is 24.8 Å².